The van der Waals surface area contributed by atoms with Gasteiger partial charge in [-0.15, -0.1) is 12.4 Å². The van der Waals surface area contributed by atoms with Crippen molar-refractivity contribution in [2.24, 2.45) is 5.73 Å². The van der Waals surface area contributed by atoms with Gasteiger partial charge in [0.05, 0.1) is 11.0 Å². The third-order valence-corrected chi connectivity index (χ3v) is 5.57. The summed E-state index contributed by atoms with van der Waals surface area (Å²) in [6, 6.07) is 8.62. The molecule has 2 N–H and O–H groups in total. The number of hydrogen-bond acceptors (Lipinski definition) is 4. The highest BCUT2D eigenvalue weighted by molar-refractivity contribution is 5.85. The molecule has 124 valence electrons. The van der Waals surface area contributed by atoms with E-state index < -0.39 is 0 Å². The molecule has 1 aromatic heterocycles. The predicted molar refractivity (Wildman–Crippen MR) is 91.7 cm³/mol. The Bertz CT molecular complexity index is 693. The normalized spacial score (nSPS) is 25.7. The van der Waals surface area contributed by atoms with Gasteiger partial charge >= 0.3 is 0 Å². The molecule has 4 rings (SSSR count). The monoisotopic (exact) mass is 333 g/mol. The largest absolute Gasteiger partial charge is 0.338 e. The fraction of sp³-hybridized carbons (Fsp3) is 0.556. The summed E-state index contributed by atoms with van der Waals surface area (Å²) < 4.78 is 5.70. The average Bonchev–Trinajstić information content (AvgIpc) is 3.18. The lowest BCUT2D eigenvalue weighted by atomic mass is 9.71. The highest BCUT2D eigenvalue weighted by Crippen LogP contribution is 2.43. The number of rotatable bonds is 2. The van der Waals surface area contributed by atoms with Crippen LogP contribution in [-0.2, 0) is 17.4 Å². The second-order valence-electron chi connectivity index (χ2n) is 7.13. The highest BCUT2D eigenvalue weighted by atomic mass is 35.5. The van der Waals surface area contributed by atoms with E-state index in [1.807, 2.05) is 0 Å². The van der Waals surface area contributed by atoms with Crippen LogP contribution >= 0.6 is 12.4 Å². The zero-order valence-corrected chi connectivity index (χ0v) is 14.4. The van der Waals surface area contributed by atoms with Crippen LogP contribution < -0.4 is 5.73 Å². The molecule has 0 aliphatic heterocycles. The molecule has 2 aromatic rings. The SMILES string of the molecule is CC1(c2nc(C3(N)CCCC3)no2)CCCc2ccccc21.Cl. The van der Waals surface area contributed by atoms with Crippen LogP contribution in [-0.4, -0.2) is 10.1 Å². The van der Waals surface area contributed by atoms with Crippen LogP contribution in [0.1, 0.15) is 68.3 Å². The van der Waals surface area contributed by atoms with Crippen LogP contribution in [0.2, 0.25) is 0 Å². The minimum atomic E-state index is -0.383. The number of fused-ring (bicyclic) bond motifs is 1. The van der Waals surface area contributed by atoms with E-state index in [0.717, 1.165) is 50.8 Å². The summed E-state index contributed by atoms with van der Waals surface area (Å²) >= 11 is 0. The van der Waals surface area contributed by atoms with Crippen molar-refractivity contribution in [1.29, 1.82) is 0 Å². The van der Waals surface area contributed by atoms with Crippen molar-refractivity contribution in [3.63, 3.8) is 0 Å². The Labute approximate surface area is 143 Å². The van der Waals surface area contributed by atoms with E-state index in [9.17, 15) is 0 Å². The van der Waals surface area contributed by atoms with E-state index in [1.165, 1.54) is 11.1 Å². The van der Waals surface area contributed by atoms with Crippen molar-refractivity contribution in [2.45, 2.75) is 62.8 Å². The summed E-state index contributed by atoms with van der Waals surface area (Å²) in [5.74, 6) is 1.43. The van der Waals surface area contributed by atoms with E-state index in [0.29, 0.717) is 5.82 Å². The van der Waals surface area contributed by atoms with E-state index in [-0.39, 0.29) is 23.4 Å². The lowest BCUT2D eigenvalue weighted by molar-refractivity contribution is 0.292. The first-order valence-electron chi connectivity index (χ1n) is 8.34. The van der Waals surface area contributed by atoms with Crippen molar-refractivity contribution in [3.8, 4) is 0 Å². The molecule has 0 radical (unpaired) electrons. The van der Waals surface area contributed by atoms with Gasteiger partial charge in [-0.1, -0.05) is 42.3 Å². The number of nitrogens with zero attached hydrogens (tertiary/aromatic N) is 2. The Hall–Kier alpha value is -1.39. The van der Waals surface area contributed by atoms with Crippen LogP contribution in [0.3, 0.4) is 0 Å². The molecule has 0 amide bonds. The maximum absolute atomic E-state index is 6.48. The van der Waals surface area contributed by atoms with Gasteiger partial charge in [0, 0.05) is 0 Å². The van der Waals surface area contributed by atoms with Gasteiger partial charge < -0.3 is 10.3 Å². The summed E-state index contributed by atoms with van der Waals surface area (Å²) in [4.78, 5) is 4.76. The molecule has 1 heterocycles. The van der Waals surface area contributed by atoms with Crippen LogP contribution in [0.4, 0.5) is 0 Å². The van der Waals surface area contributed by atoms with E-state index in [1.54, 1.807) is 0 Å². The molecule has 5 heteroatoms. The van der Waals surface area contributed by atoms with Crippen molar-refractivity contribution in [2.75, 3.05) is 0 Å². The Morgan fingerprint density at radius 2 is 1.83 bits per heavy atom. The van der Waals surface area contributed by atoms with Crippen LogP contribution in [0.5, 0.6) is 0 Å². The minimum Gasteiger partial charge on any atom is -0.338 e. The molecule has 0 bridgehead atoms. The maximum atomic E-state index is 6.48. The first-order valence-corrected chi connectivity index (χ1v) is 8.34. The average molecular weight is 334 g/mol. The number of aryl methyl sites for hydroxylation is 1. The van der Waals surface area contributed by atoms with Gasteiger partial charge in [0.1, 0.15) is 0 Å². The zero-order valence-electron chi connectivity index (χ0n) is 13.5. The van der Waals surface area contributed by atoms with Crippen molar-refractivity contribution >= 4 is 12.4 Å². The Morgan fingerprint density at radius 1 is 1.09 bits per heavy atom. The first-order chi connectivity index (χ1) is 10.6. The fourth-order valence-corrected chi connectivity index (χ4v) is 4.15. The molecule has 1 fully saturated rings. The van der Waals surface area contributed by atoms with Crippen LogP contribution in [0.15, 0.2) is 28.8 Å². The Morgan fingerprint density at radius 3 is 2.61 bits per heavy atom. The summed E-state index contributed by atoms with van der Waals surface area (Å²) in [7, 11) is 0. The minimum absolute atomic E-state index is 0. The summed E-state index contributed by atoms with van der Waals surface area (Å²) in [6.45, 7) is 2.22. The second kappa shape index (κ2) is 5.91. The topological polar surface area (TPSA) is 64.9 Å². The van der Waals surface area contributed by atoms with Crippen molar-refractivity contribution in [3.05, 3.63) is 47.1 Å². The fourth-order valence-electron chi connectivity index (χ4n) is 4.15. The molecule has 1 aromatic carbocycles. The van der Waals surface area contributed by atoms with E-state index >= 15 is 0 Å². The summed E-state index contributed by atoms with van der Waals surface area (Å²) in [5.41, 5.74) is 8.64. The maximum Gasteiger partial charge on any atom is 0.237 e. The number of nitrogens with two attached hydrogens (primary N) is 1. The van der Waals surface area contributed by atoms with Gasteiger partial charge in [-0.25, -0.2) is 0 Å². The lowest BCUT2D eigenvalue weighted by Gasteiger charge is -2.32. The number of hydrogen-bond donors (Lipinski definition) is 1. The molecule has 0 spiro atoms. The molecule has 1 atom stereocenters. The highest BCUT2D eigenvalue weighted by Gasteiger charge is 2.41. The summed E-state index contributed by atoms with van der Waals surface area (Å²) in [6.07, 6.45) is 7.55. The first kappa shape index (κ1) is 16.5. The van der Waals surface area contributed by atoms with Gasteiger partial charge in [-0.2, -0.15) is 4.98 Å². The van der Waals surface area contributed by atoms with Gasteiger partial charge in [-0.05, 0) is 50.2 Å². The Kier molecular flexibility index (Phi) is 4.23. The van der Waals surface area contributed by atoms with Crippen LogP contribution in [0, 0.1) is 0 Å². The smallest absolute Gasteiger partial charge is 0.237 e. The Balaban J connectivity index is 0.00000156. The van der Waals surface area contributed by atoms with Gasteiger partial charge in [0.15, 0.2) is 5.82 Å². The molecule has 4 nitrogen and oxygen atoms in total. The predicted octanol–water partition coefficient (Wildman–Crippen LogP) is 3.86. The second-order valence-corrected chi connectivity index (χ2v) is 7.13. The lowest BCUT2D eigenvalue weighted by Crippen LogP contribution is -2.35. The number of benzene rings is 1. The molecule has 2 aliphatic rings. The summed E-state index contributed by atoms with van der Waals surface area (Å²) in [5, 5.41) is 4.25. The molecule has 2 aliphatic carbocycles. The van der Waals surface area contributed by atoms with Crippen LogP contribution in [0.25, 0.3) is 0 Å². The van der Waals surface area contributed by atoms with E-state index in [2.05, 4.69) is 36.3 Å². The number of aromatic nitrogens is 2. The van der Waals surface area contributed by atoms with Gasteiger partial charge in [0.2, 0.25) is 5.89 Å². The van der Waals surface area contributed by atoms with Gasteiger partial charge in [-0.3, -0.25) is 0 Å². The zero-order chi connectivity index (χ0) is 15.2. The standard InChI is InChI=1S/C18H23N3O.ClH/c1-17(10-6-8-13-7-2-3-9-14(13)17)16-20-15(21-22-16)18(19)11-4-5-12-18;/h2-3,7,9H,4-6,8,10-12,19H2,1H3;1H. The molecule has 0 saturated heterocycles. The quantitative estimate of drug-likeness (QED) is 0.906. The van der Waals surface area contributed by atoms with E-state index in [4.69, 9.17) is 15.2 Å². The third kappa shape index (κ3) is 2.58. The van der Waals surface area contributed by atoms with Gasteiger partial charge in [0.25, 0.3) is 0 Å². The molecule has 23 heavy (non-hydrogen) atoms. The molecule has 1 saturated carbocycles. The van der Waals surface area contributed by atoms with Crippen molar-refractivity contribution < 1.29 is 4.52 Å². The third-order valence-electron chi connectivity index (χ3n) is 5.57. The number of halogens is 1. The molecule has 1 unspecified atom stereocenters. The molecular formula is C18H24ClN3O. The molecular weight excluding hydrogens is 310 g/mol. The van der Waals surface area contributed by atoms with Crippen molar-refractivity contribution in [1.82, 2.24) is 10.1 Å².